The number of hydrogen-bond donors (Lipinski definition) is 1. The smallest absolute Gasteiger partial charge is 0.449 e. The van der Waals surface area contributed by atoms with Crippen LogP contribution in [0, 0.1) is 17.0 Å². The second kappa shape index (κ2) is 3.73. The molecule has 6 heteroatoms. The molecule has 0 saturated carbocycles. The molecule has 0 unspecified atom stereocenters. The van der Waals surface area contributed by atoms with Crippen LogP contribution < -0.4 is 4.74 Å². The van der Waals surface area contributed by atoms with E-state index in [1.807, 2.05) is 0 Å². The van der Waals surface area contributed by atoms with E-state index >= 15 is 0 Å². The molecule has 1 aromatic rings. The Kier molecular flexibility index (Phi) is 2.66. The van der Waals surface area contributed by atoms with Gasteiger partial charge in [0.25, 0.3) is 0 Å². The molecule has 0 radical (unpaired) electrons. The quantitative estimate of drug-likeness (QED) is 0.338. The average molecular weight is 197 g/mol. The molecule has 1 aromatic carbocycles. The molecule has 14 heavy (non-hydrogen) atoms. The molecular formula is C8H7NO5. The lowest BCUT2D eigenvalue weighted by Gasteiger charge is -2.01. The van der Waals surface area contributed by atoms with Crippen molar-refractivity contribution in [1.82, 2.24) is 0 Å². The van der Waals surface area contributed by atoms with Gasteiger partial charge in [0.2, 0.25) is 5.75 Å². The highest BCUT2D eigenvalue weighted by Gasteiger charge is 2.17. The van der Waals surface area contributed by atoms with E-state index in [-0.39, 0.29) is 11.4 Å². The molecule has 0 heterocycles. The SMILES string of the molecule is Cc1ccc(OC(=O)O)c([N+](=O)[O-])c1. The molecule has 1 rings (SSSR count). The van der Waals surface area contributed by atoms with Crippen molar-refractivity contribution < 1.29 is 19.6 Å². The predicted octanol–water partition coefficient (Wildman–Crippen LogP) is 1.96. The summed E-state index contributed by atoms with van der Waals surface area (Å²) >= 11 is 0. The highest BCUT2D eigenvalue weighted by Crippen LogP contribution is 2.27. The summed E-state index contributed by atoms with van der Waals surface area (Å²) in [5.74, 6) is -0.270. The molecular weight excluding hydrogens is 190 g/mol. The zero-order valence-electron chi connectivity index (χ0n) is 7.26. The van der Waals surface area contributed by atoms with Crippen molar-refractivity contribution in [1.29, 1.82) is 0 Å². The third-order valence-electron chi connectivity index (χ3n) is 1.51. The van der Waals surface area contributed by atoms with Crippen LogP contribution in [0.4, 0.5) is 10.5 Å². The highest BCUT2D eigenvalue weighted by atomic mass is 16.7. The van der Waals surface area contributed by atoms with Crippen molar-refractivity contribution in [2.45, 2.75) is 6.92 Å². The van der Waals surface area contributed by atoms with Gasteiger partial charge in [0.05, 0.1) is 4.92 Å². The van der Waals surface area contributed by atoms with Crippen LogP contribution >= 0.6 is 0 Å². The molecule has 0 amide bonds. The zero-order valence-corrected chi connectivity index (χ0v) is 7.26. The van der Waals surface area contributed by atoms with Crippen LogP contribution in [0.2, 0.25) is 0 Å². The fraction of sp³-hybridized carbons (Fsp3) is 0.125. The van der Waals surface area contributed by atoms with Crippen LogP contribution in [0.15, 0.2) is 18.2 Å². The molecule has 0 aromatic heterocycles. The van der Waals surface area contributed by atoms with Crippen LogP contribution in [-0.4, -0.2) is 16.2 Å². The molecule has 0 bridgehead atoms. The Morgan fingerprint density at radius 1 is 1.57 bits per heavy atom. The van der Waals surface area contributed by atoms with Gasteiger partial charge < -0.3 is 9.84 Å². The Labute approximate surface area is 78.9 Å². The Hall–Kier alpha value is -2.11. The van der Waals surface area contributed by atoms with E-state index in [1.165, 1.54) is 18.2 Å². The van der Waals surface area contributed by atoms with E-state index in [0.717, 1.165) is 0 Å². The maximum atomic E-state index is 10.5. The Morgan fingerprint density at radius 2 is 2.21 bits per heavy atom. The third-order valence-corrected chi connectivity index (χ3v) is 1.51. The van der Waals surface area contributed by atoms with Crippen molar-refractivity contribution in [2.75, 3.05) is 0 Å². The minimum Gasteiger partial charge on any atom is -0.449 e. The Morgan fingerprint density at radius 3 is 2.71 bits per heavy atom. The summed E-state index contributed by atoms with van der Waals surface area (Å²) in [4.78, 5) is 20.0. The molecule has 0 saturated heterocycles. The van der Waals surface area contributed by atoms with Gasteiger partial charge in [0, 0.05) is 6.07 Å². The summed E-state index contributed by atoms with van der Waals surface area (Å²) in [7, 11) is 0. The summed E-state index contributed by atoms with van der Waals surface area (Å²) in [6.07, 6.45) is -1.57. The molecule has 0 fully saturated rings. The first kappa shape index (κ1) is 9.97. The summed E-state index contributed by atoms with van der Waals surface area (Å²) < 4.78 is 4.24. The van der Waals surface area contributed by atoms with Gasteiger partial charge in [-0.1, -0.05) is 6.07 Å². The number of carboxylic acid groups (broad SMARTS) is 1. The number of rotatable bonds is 2. The fourth-order valence-corrected chi connectivity index (χ4v) is 0.950. The van der Waals surface area contributed by atoms with E-state index < -0.39 is 11.1 Å². The standard InChI is InChI=1S/C8H7NO5/c1-5-2-3-7(14-8(10)11)6(4-5)9(12)13/h2-4H,1H3,(H,10,11). The van der Waals surface area contributed by atoms with E-state index in [9.17, 15) is 14.9 Å². The number of carbonyl (C=O) groups is 1. The maximum Gasteiger partial charge on any atom is 0.511 e. The van der Waals surface area contributed by atoms with Crippen LogP contribution in [0.25, 0.3) is 0 Å². The summed E-state index contributed by atoms with van der Waals surface area (Å²) in [5.41, 5.74) is 0.307. The number of benzene rings is 1. The van der Waals surface area contributed by atoms with E-state index in [2.05, 4.69) is 4.74 Å². The minimum atomic E-state index is -1.57. The van der Waals surface area contributed by atoms with Crippen molar-refractivity contribution >= 4 is 11.8 Å². The van der Waals surface area contributed by atoms with Crippen molar-refractivity contribution in [3.8, 4) is 5.75 Å². The molecule has 0 atom stereocenters. The third kappa shape index (κ3) is 2.19. The van der Waals surface area contributed by atoms with Gasteiger partial charge in [-0.05, 0) is 18.6 Å². The summed E-state index contributed by atoms with van der Waals surface area (Å²) in [5, 5.41) is 18.8. The van der Waals surface area contributed by atoms with E-state index in [0.29, 0.717) is 5.56 Å². The van der Waals surface area contributed by atoms with Gasteiger partial charge in [-0.2, -0.15) is 0 Å². The predicted molar refractivity (Wildman–Crippen MR) is 46.5 cm³/mol. The van der Waals surface area contributed by atoms with E-state index in [4.69, 9.17) is 5.11 Å². The highest BCUT2D eigenvalue weighted by molar-refractivity contribution is 5.64. The zero-order chi connectivity index (χ0) is 10.7. The maximum absolute atomic E-state index is 10.5. The van der Waals surface area contributed by atoms with Crippen molar-refractivity contribution in [3.05, 3.63) is 33.9 Å². The lowest BCUT2D eigenvalue weighted by Crippen LogP contribution is -2.05. The van der Waals surface area contributed by atoms with Crippen LogP contribution in [0.5, 0.6) is 5.75 Å². The Bertz CT molecular complexity index is 387. The van der Waals surface area contributed by atoms with Gasteiger partial charge in [0.15, 0.2) is 0 Å². The second-order valence-electron chi connectivity index (χ2n) is 2.60. The number of nitro benzene ring substituents is 1. The van der Waals surface area contributed by atoms with E-state index in [1.54, 1.807) is 6.92 Å². The van der Waals surface area contributed by atoms with Gasteiger partial charge in [-0.25, -0.2) is 4.79 Å². The Balaban J connectivity index is 3.14. The number of ether oxygens (including phenoxy) is 1. The normalized spacial score (nSPS) is 9.50. The molecule has 1 N–H and O–H groups in total. The molecule has 74 valence electrons. The molecule has 0 aliphatic heterocycles. The summed E-state index contributed by atoms with van der Waals surface area (Å²) in [6, 6.07) is 4.03. The second-order valence-corrected chi connectivity index (χ2v) is 2.60. The first-order chi connectivity index (χ1) is 6.50. The lowest BCUT2D eigenvalue weighted by molar-refractivity contribution is -0.385. The first-order valence-electron chi connectivity index (χ1n) is 3.66. The minimum absolute atomic E-state index is 0.270. The monoisotopic (exact) mass is 197 g/mol. The molecule has 0 aliphatic carbocycles. The van der Waals surface area contributed by atoms with Gasteiger partial charge in [0.1, 0.15) is 0 Å². The van der Waals surface area contributed by atoms with Gasteiger partial charge in [-0.15, -0.1) is 0 Å². The average Bonchev–Trinajstić information content (AvgIpc) is 2.07. The number of nitrogens with zero attached hydrogens (tertiary/aromatic N) is 1. The topological polar surface area (TPSA) is 89.7 Å². The fourth-order valence-electron chi connectivity index (χ4n) is 0.950. The van der Waals surface area contributed by atoms with Gasteiger partial charge >= 0.3 is 11.8 Å². The van der Waals surface area contributed by atoms with Crippen molar-refractivity contribution in [3.63, 3.8) is 0 Å². The van der Waals surface area contributed by atoms with Crippen LogP contribution in [0.1, 0.15) is 5.56 Å². The van der Waals surface area contributed by atoms with Crippen molar-refractivity contribution in [2.24, 2.45) is 0 Å². The number of hydrogen-bond acceptors (Lipinski definition) is 4. The largest absolute Gasteiger partial charge is 0.511 e. The number of aryl methyl sites for hydroxylation is 1. The van der Waals surface area contributed by atoms with Crippen LogP contribution in [0.3, 0.4) is 0 Å². The molecule has 0 aliphatic rings. The lowest BCUT2D eigenvalue weighted by atomic mass is 10.2. The number of nitro groups is 1. The summed E-state index contributed by atoms with van der Waals surface area (Å²) in [6.45, 7) is 1.66. The molecule has 6 nitrogen and oxygen atoms in total. The van der Waals surface area contributed by atoms with Gasteiger partial charge in [-0.3, -0.25) is 10.1 Å². The first-order valence-corrected chi connectivity index (χ1v) is 3.66. The van der Waals surface area contributed by atoms with Crippen LogP contribution in [-0.2, 0) is 0 Å². The molecule has 0 spiro atoms.